The predicted molar refractivity (Wildman–Crippen MR) is 136 cm³/mol. The molecule has 0 saturated carbocycles. The Kier molecular flexibility index (Phi) is 6.56. The summed E-state index contributed by atoms with van der Waals surface area (Å²) in [6.45, 7) is 3.44. The van der Waals surface area contributed by atoms with E-state index in [-0.39, 0.29) is 17.2 Å². The van der Waals surface area contributed by atoms with Crippen LogP contribution in [0, 0.1) is 5.82 Å². The van der Waals surface area contributed by atoms with Crippen LogP contribution in [0.15, 0.2) is 60.7 Å². The van der Waals surface area contributed by atoms with Crippen molar-refractivity contribution >= 4 is 32.8 Å². The number of ether oxygens (including phenoxy) is 1. The average Bonchev–Trinajstić information content (AvgIpc) is 3.24. The number of piperidine rings is 1. The molecule has 1 fully saturated rings. The fourth-order valence-electron chi connectivity index (χ4n) is 4.33. The lowest BCUT2D eigenvalue weighted by Gasteiger charge is -2.26. The van der Waals surface area contributed by atoms with Gasteiger partial charge in [-0.05, 0) is 79.8 Å². The maximum absolute atomic E-state index is 14.7. The maximum atomic E-state index is 14.7. The summed E-state index contributed by atoms with van der Waals surface area (Å²) < 4.78 is 21.5. The van der Waals surface area contributed by atoms with E-state index < -0.39 is 5.82 Å². The number of hydrogen-bond acceptors (Lipinski definition) is 6. The number of nitrogens with one attached hydrogen (secondary N) is 1. The van der Waals surface area contributed by atoms with Gasteiger partial charge in [0.1, 0.15) is 18.1 Å². The molecule has 0 spiro atoms. The Morgan fingerprint density at radius 2 is 1.71 bits per heavy atom. The lowest BCUT2D eigenvalue weighted by atomic mass is 10.1. The highest BCUT2D eigenvalue weighted by Gasteiger charge is 2.13. The van der Waals surface area contributed by atoms with Gasteiger partial charge in [-0.3, -0.25) is 4.90 Å². The van der Waals surface area contributed by atoms with E-state index in [1.54, 1.807) is 47.7 Å². The van der Waals surface area contributed by atoms with Gasteiger partial charge in [0.25, 0.3) is 0 Å². The molecule has 4 aromatic rings. The first kappa shape index (κ1) is 22.5. The molecule has 0 unspecified atom stereocenters. The zero-order valence-corrected chi connectivity index (χ0v) is 19.6. The van der Waals surface area contributed by atoms with E-state index in [0.717, 1.165) is 40.2 Å². The van der Waals surface area contributed by atoms with E-state index >= 15 is 0 Å². The average molecular weight is 479 g/mol. The summed E-state index contributed by atoms with van der Waals surface area (Å²) in [5.41, 5.74) is 2.10. The monoisotopic (exact) mass is 478 g/mol. The van der Waals surface area contributed by atoms with Crippen molar-refractivity contribution in [2.45, 2.75) is 19.3 Å². The molecule has 3 N–H and O–H groups in total. The van der Waals surface area contributed by atoms with Crippen molar-refractivity contribution in [3.05, 3.63) is 66.5 Å². The van der Waals surface area contributed by atoms with Crippen molar-refractivity contribution in [1.82, 2.24) is 4.90 Å². The molecule has 1 aromatic heterocycles. The summed E-state index contributed by atoms with van der Waals surface area (Å²) in [7, 11) is 0. The van der Waals surface area contributed by atoms with Gasteiger partial charge >= 0.3 is 0 Å². The topological polar surface area (TPSA) is 65.0 Å². The summed E-state index contributed by atoms with van der Waals surface area (Å²) in [6, 6.07) is 17.2. The number of halogens is 1. The Morgan fingerprint density at radius 3 is 2.53 bits per heavy atom. The molecule has 2 heterocycles. The predicted octanol–water partition coefficient (Wildman–Crippen LogP) is 6.73. The van der Waals surface area contributed by atoms with E-state index in [1.807, 2.05) is 18.2 Å². The first-order chi connectivity index (χ1) is 16.5. The van der Waals surface area contributed by atoms with Crippen LogP contribution >= 0.6 is 11.3 Å². The third-order valence-corrected chi connectivity index (χ3v) is 7.24. The largest absolute Gasteiger partial charge is 0.508 e. The van der Waals surface area contributed by atoms with Gasteiger partial charge in [0.05, 0.1) is 5.69 Å². The van der Waals surface area contributed by atoms with Crippen LogP contribution in [-0.4, -0.2) is 41.4 Å². The van der Waals surface area contributed by atoms with Crippen LogP contribution in [0.1, 0.15) is 19.3 Å². The van der Waals surface area contributed by atoms with Crippen LogP contribution < -0.4 is 10.1 Å². The van der Waals surface area contributed by atoms with Crippen molar-refractivity contribution < 1.29 is 19.3 Å². The van der Waals surface area contributed by atoms with E-state index in [1.165, 1.54) is 25.3 Å². The summed E-state index contributed by atoms with van der Waals surface area (Å²) >= 11 is 1.59. The maximum Gasteiger partial charge on any atom is 0.167 e. The second-order valence-electron chi connectivity index (χ2n) is 8.58. The van der Waals surface area contributed by atoms with Crippen LogP contribution in [0.3, 0.4) is 0 Å². The number of phenolic OH excluding ortho intramolecular Hbond substituents is 2. The summed E-state index contributed by atoms with van der Waals surface area (Å²) in [6.07, 6.45) is 3.72. The molecule has 5 rings (SSSR count). The molecule has 5 nitrogen and oxygen atoms in total. The van der Waals surface area contributed by atoms with E-state index in [2.05, 4.69) is 10.2 Å². The van der Waals surface area contributed by atoms with Gasteiger partial charge in [-0.2, -0.15) is 0 Å². The highest BCUT2D eigenvalue weighted by Crippen LogP contribution is 2.40. The quantitative estimate of drug-likeness (QED) is 0.275. The summed E-state index contributed by atoms with van der Waals surface area (Å²) in [5.74, 6) is 0.142. The summed E-state index contributed by atoms with van der Waals surface area (Å²) in [4.78, 5) is 3.33. The second-order valence-corrected chi connectivity index (χ2v) is 9.67. The normalized spacial score (nSPS) is 14.4. The minimum absolute atomic E-state index is 0.114. The zero-order chi connectivity index (χ0) is 23.5. The van der Waals surface area contributed by atoms with E-state index in [0.29, 0.717) is 18.0 Å². The molecule has 34 heavy (non-hydrogen) atoms. The molecule has 7 heteroatoms. The molecule has 0 aliphatic carbocycles. The van der Waals surface area contributed by atoms with Crippen molar-refractivity contribution in [2.75, 3.05) is 31.6 Å². The lowest BCUT2D eigenvalue weighted by Crippen LogP contribution is -2.33. The smallest absolute Gasteiger partial charge is 0.167 e. The SMILES string of the molecule is Oc1ccc(-c2cc3cc(O)ccc3s2)c(Nc2ccc(OCCN3CCCCC3)c(F)c2)c1. The van der Waals surface area contributed by atoms with Crippen molar-refractivity contribution in [1.29, 1.82) is 0 Å². The highest BCUT2D eigenvalue weighted by atomic mass is 32.1. The zero-order valence-electron chi connectivity index (χ0n) is 18.8. The van der Waals surface area contributed by atoms with Gasteiger partial charge in [-0.15, -0.1) is 11.3 Å². The fourth-order valence-corrected chi connectivity index (χ4v) is 5.42. The standard InChI is InChI=1S/C27H27FN2O3S/c28-23-16-19(4-8-25(23)33-13-12-30-10-2-1-3-11-30)29-24-17-21(32)5-7-22(24)27-15-18-14-20(31)6-9-26(18)34-27/h4-9,14-17,29,31-32H,1-3,10-13H2. The first-order valence-corrected chi connectivity index (χ1v) is 12.3. The number of fused-ring (bicyclic) bond motifs is 1. The number of anilines is 2. The van der Waals surface area contributed by atoms with Crippen LogP contribution in [0.5, 0.6) is 17.2 Å². The number of benzene rings is 3. The van der Waals surface area contributed by atoms with Gasteiger partial charge in [-0.25, -0.2) is 4.39 Å². The Hall–Kier alpha value is -3.29. The Labute approximate surface area is 202 Å². The van der Waals surface area contributed by atoms with Crippen LogP contribution in [-0.2, 0) is 0 Å². The van der Waals surface area contributed by atoms with Gasteiger partial charge < -0.3 is 20.3 Å². The number of aromatic hydroxyl groups is 2. The molecular weight excluding hydrogens is 451 g/mol. The van der Waals surface area contributed by atoms with Crippen molar-refractivity contribution in [3.63, 3.8) is 0 Å². The van der Waals surface area contributed by atoms with Gasteiger partial charge in [0, 0.05) is 39.5 Å². The van der Waals surface area contributed by atoms with Crippen LogP contribution in [0.4, 0.5) is 15.8 Å². The minimum Gasteiger partial charge on any atom is -0.508 e. The van der Waals surface area contributed by atoms with Gasteiger partial charge in [0.15, 0.2) is 11.6 Å². The molecule has 1 aliphatic heterocycles. The molecule has 0 atom stereocenters. The number of thiophene rings is 1. The number of likely N-dealkylation sites (tertiary alicyclic amines) is 1. The third-order valence-electron chi connectivity index (χ3n) is 6.09. The summed E-state index contributed by atoms with van der Waals surface area (Å²) in [5, 5.41) is 24.0. The molecule has 0 amide bonds. The van der Waals surface area contributed by atoms with E-state index in [4.69, 9.17) is 4.74 Å². The van der Waals surface area contributed by atoms with Crippen molar-refractivity contribution in [3.8, 4) is 27.7 Å². The molecule has 176 valence electrons. The van der Waals surface area contributed by atoms with E-state index in [9.17, 15) is 14.6 Å². The Bertz CT molecular complexity index is 1300. The van der Waals surface area contributed by atoms with Gasteiger partial charge in [0.2, 0.25) is 0 Å². The molecule has 1 saturated heterocycles. The number of rotatable bonds is 7. The molecule has 3 aromatic carbocycles. The second kappa shape index (κ2) is 9.91. The molecular formula is C27H27FN2O3S. The van der Waals surface area contributed by atoms with Crippen LogP contribution in [0.2, 0.25) is 0 Å². The number of phenols is 2. The molecule has 0 radical (unpaired) electrons. The minimum atomic E-state index is -0.428. The molecule has 0 bridgehead atoms. The van der Waals surface area contributed by atoms with Crippen LogP contribution in [0.25, 0.3) is 20.5 Å². The highest BCUT2D eigenvalue weighted by molar-refractivity contribution is 7.22. The molecule has 1 aliphatic rings. The fraction of sp³-hybridized carbons (Fsp3) is 0.259. The van der Waals surface area contributed by atoms with Gasteiger partial charge in [-0.1, -0.05) is 6.42 Å². The number of hydrogen-bond donors (Lipinski definition) is 3. The lowest BCUT2D eigenvalue weighted by molar-refractivity contribution is 0.180. The Balaban J connectivity index is 1.32. The third kappa shape index (κ3) is 5.11. The first-order valence-electron chi connectivity index (χ1n) is 11.5. The van der Waals surface area contributed by atoms with Crippen molar-refractivity contribution in [2.24, 2.45) is 0 Å². The number of nitrogens with zero attached hydrogens (tertiary/aromatic N) is 1. The Morgan fingerprint density at radius 1 is 0.912 bits per heavy atom.